The van der Waals surface area contributed by atoms with Crippen molar-refractivity contribution >= 4 is 94.8 Å². The van der Waals surface area contributed by atoms with E-state index in [4.69, 9.17) is 10.8 Å². The highest BCUT2D eigenvalue weighted by Crippen LogP contribution is 2.10. The van der Waals surface area contributed by atoms with Crippen molar-refractivity contribution in [2.75, 3.05) is 26.7 Å². The second-order valence-electron chi connectivity index (χ2n) is 17.8. The summed E-state index contributed by atoms with van der Waals surface area (Å²) >= 11 is 0. The number of amides is 11. The molecule has 2 aromatic carbocycles. The monoisotopic (exact) mass is 1160 g/mol. The van der Waals surface area contributed by atoms with Crippen LogP contribution in [0.1, 0.15) is 56.6 Å². The Kier molecular flexibility index (Phi) is 28.8. The van der Waals surface area contributed by atoms with Crippen molar-refractivity contribution in [3.63, 3.8) is 0 Å². The van der Waals surface area contributed by atoms with Crippen LogP contribution in [0.3, 0.4) is 0 Å². The van der Waals surface area contributed by atoms with E-state index < -0.39 is 195 Å². The van der Waals surface area contributed by atoms with E-state index in [0.29, 0.717) is 11.1 Å². The molecule has 0 aliphatic rings. The van der Waals surface area contributed by atoms with E-state index in [1.54, 1.807) is 67.6 Å². The Labute approximate surface area is 465 Å². The number of nitrogens with two attached hydrogens (primary N) is 1. The quantitative estimate of drug-likeness (QED) is 0.0299. The van der Waals surface area contributed by atoms with Crippen molar-refractivity contribution in [2.24, 2.45) is 5.73 Å². The van der Waals surface area contributed by atoms with E-state index in [0.717, 1.165) is 0 Å². The van der Waals surface area contributed by atoms with E-state index in [-0.39, 0.29) is 19.3 Å². The van der Waals surface area contributed by atoms with E-state index in [9.17, 15) is 97.1 Å². The summed E-state index contributed by atoms with van der Waals surface area (Å²) in [5.74, 6) is -20.9. The molecule has 0 spiro atoms. The van der Waals surface area contributed by atoms with E-state index in [2.05, 4.69) is 26.6 Å². The average molecular weight is 1160 g/mol. The van der Waals surface area contributed by atoms with Crippen LogP contribution in [0.15, 0.2) is 60.7 Å². The van der Waals surface area contributed by atoms with Crippen LogP contribution in [0.25, 0.3) is 0 Å². The summed E-state index contributed by atoms with van der Waals surface area (Å²) in [7, 11) is 1.23. The molecule has 33 heteroatoms. The molecule has 0 aliphatic carbocycles. The Hall–Kier alpha value is -10.1. The number of rotatable bonds is 37. The van der Waals surface area contributed by atoms with E-state index in [1.165, 1.54) is 7.05 Å². The Morgan fingerprint density at radius 1 is 0.366 bits per heavy atom. The molecule has 0 radical (unpaired) electrons. The predicted octanol–water partition coefficient (Wildman–Crippen LogP) is -6.93. The molecule has 0 aliphatic heterocycles. The Balaban J connectivity index is 2.21. The lowest BCUT2D eigenvalue weighted by Crippen LogP contribution is -2.60. The largest absolute Gasteiger partial charge is 0.481 e. The maximum absolute atomic E-state index is 14.1. The minimum Gasteiger partial charge on any atom is -0.481 e. The first-order valence-electron chi connectivity index (χ1n) is 24.7. The molecule has 33 nitrogen and oxygen atoms in total. The van der Waals surface area contributed by atoms with Crippen LogP contribution in [-0.4, -0.2) is 195 Å². The zero-order valence-corrected chi connectivity index (χ0v) is 44.0. The van der Waals surface area contributed by atoms with Crippen molar-refractivity contribution in [2.45, 2.75) is 107 Å². The highest BCUT2D eigenvalue weighted by Gasteiger charge is 2.36. The van der Waals surface area contributed by atoms with Crippen molar-refractivity contribution < 1.29 is 102 Å². The molecule has 82 heavy (non-hydrogen) atoms. The number of hydrogen-bond donors (Lipinski definition) is 17. The highest BCUT2D eigenvalue weighted by atomic mass is 16.4. The number of primary amides is 1. The summed E-state index contributed by atoms with van der Waals surface area (Å²) in [5, 5.41) is 70.9. The van der Waals surface area contributed by atoms with Gasteiger partial charge in [0.25, 0.3) is 0 Å². The Morgan fingerprint density at radius 3 is 0.988 bits per heavy atom. The molecule has 2 aromatic rings. The van der Waals surface area contributed by atoms with Crippen LogP contribution in [0, 0.1) is 0 Å². The van der Waals surface area contributed by atoms with Gasteiger partial charge in [-0.1, -0.05) is 67.6 Å². The normalized spacial score (nSPS) is 13.5. The zero-order chi connectivity index (χ0) is 61.6. The maximum Gasteiger partial charge on any atom is 0.305 e. The van der Waals surface area contributed by atoms with E-state index in [1.807, 2.05) is 31.9 Å². The van der Waals surface area contributed by atoms with Crippen LogP contribution in [0.2, 0.25) is 0 Å². The first-order valence-corrected chi connectivity index (χ1v) is 24.7. The van der Waals surface area contributed by atoms with Crippen molar-refractivity contribution in [3.05, 3.63) is 71.8 Å². The van der Waals surface area contributed by atoms with Crippen molar-refractivity contribution in [1.29, 1.82) is 0 Å². The third-order valence-corrected chi connectivity index (χ3v) is 11.3. The maximum atomic E-state index is 14.1. The van der Waals surface area contributed by atoms with Gasteiger partial charge in [-0.15, -0.1) is 0 Å². The number of carboxylic acid groups (broad SMARTS) is 5. The van der Waals surface area contributed by atoms with Gasteiger partial charge in [0.1, 0.15) is 42.3 Å². The Morgan fingerprint density at radius 2 is 0.646 bits per heavy atom. The number of likely N-dealkylation sites (N-methyl/N-ethyl adjacent to an activating group) is 1. The third kappa shape index (κ3) is 26.0. The summed E-state index contributed by atoms with van der Waals surface area (Å²) in [4.78, 5) is 202. The average Bonchev–Trinajstić information content (AvgIpc) is 3.41. The highest BCUT2D eigenvalue weighted by molar-refractivity contribution is 6.00. The molecule has 0 saturated heterocycles. The first kappa shape index (κ1) is 68.0. The fraction of sp³-hybridized carbons (Fsp3) is 0.429. The smallest absolute Gasteiger partial charge is 0.305 e. The summed E-state index contributed by atoms with van der Waals surface area (Å²) < 4.78 is 0. The molecule has 0 bridgehead atoms. The second kappa shape index (κ2) is 34.7. The summed E-state index contributed by atoms with van der Waals surface area (Å²) in [5.41, 5.74) is 6.42. The van der Waals surface area contributed by atoms with Crippen LogP contribution >= 0.6 is 0 Å². The van der Waals surface area contributed by atoms with Gasteiger partial charge in [-0.2, -0.15) is 0 Å². The number of carbonyl (C=O) groups is 16. The zero-order valence-electron chi connectivity index (χ0n) is 44.0. The molecule has 0 heterocycles. The van der Waals surface area contributed by atoms with Gasteiger partial charge in [0.15, 0.2) is 0 Å². The van der Waals surface area contributed by atoms with Gasteiger partial charge < -0.3 is 89.8 Å². The second-order valence-corrected chi connectivity index (χ2v) is 17.8. The molecular formula is C49H64N12O21. The molecule has 18 N–H and O–H groups in total. The minimum atomic E-state index is -2.22. The molecule has 446 valence electrons. The number of carboxylic acids is 5. The molecule has 2 rings (SSSR count). The van der Waals surface area contributed by atoms with Gasteiger partial charge in [-0.05, 0) is 24.6 Å². The molecular weight excluding hydrogens is 1090 g/mol. The Bertz CT molecular complexity index is 2680. The van der Waals surface area contributed by atoms with Gasteiger partial charge in [0.05, 0.1) is 57.8 Å². The molecule has 0 saturated carbocycles. The predicted molar refractivity (Wildman–Crippen MR) is 276 cm³/mol. The number of carbonyl (C=O) groups excluding carboxylic acids is 11. The van der Waals surface area contributed by atoms with Crippen molar-refractivity contribution in [1.82, 2.24) is 58.5 Å². The minimum absolute atomic E-state index is 0.0886. The van der Waals surface area contributed by atoms with Gasteiger partial charge in [-0.25, -0.2) is 0 Å². The summed E-state index contributed by atoms with van der Waals surface area (Å²) in [6, 6.07) is 2.49. The lowest BCUT2D eigenvalue weighted by molar-refractivity contribution is -0.144. The lowest BCUT2D eigenvalue weighted by atomic mass is 10.0. The van der Waals surface area contributed by atoms with Crippen LogP contribution in [0.4, 0.5) is 0 Å². The van der Waals surface area contributed by atoms with Crippen molar-refractivity contribution in [3.8, 4) is 0 Å². The molecule has 8 atom stereocenters. The summed E-state index contributed by atoms with van der Waals surface area (Å²) in [6.07, 6.45) is -5.80. The van der Waals surface area contributed by atoms with Crippen LogP contribution in [0.5, 0.6) is 0 Å². The number of aliphatic carboxylic acids is 5. The molecule has 8 unspecified atom stereocenters. The van der Waals surface area contributed by atoms with Gasteiger partial charge in [-0.3, -0.25) is 76.7 Å². The van der Waals surface area contributed by atoms with E-state index >= 15 is 0 Å². The SMILES string of the molecule is CCC(NC(=O)C(Cc1ccccc1)NC(=O)C(Cc1ccccc1)NC(=O)C(CC(=O)O)NC(=O)C(CC(=O)O)NC(=O)C(CC(=O)O)NC(=O)CNC(=O)CNC(=O)CNC(=O)C(CC(=O)O)NC(=O)C(CC(=O)O)NC)C(N)=O. The third-order valence-electron chi connectivity index (χ3n) is 11.3. The molecule has 0 aromatic heterocycles. The fourth-order valence-corrected chi connectivity index (χ4v) is 7.18. The fourth-order valence-electron chi connectivity index (χ4n) is 7.18. The topological polar surface area (TPSA) is 533 Å². The number of nitrogens with one attached hydrogen (secondary N) is 11. The standard InChI is InChI=1S/C49H64N12O21/c1-3-26(42(50)75)56-45(78)28(14-24-10-6-4-7-11-24)57-46(79)29(15-25-12-8-5-9-13-25)58-48(81)32(19-40(71)72)61-49(82)33(20-41(73)74)60-47(80)31(18-39(69)70)55-36(64)23-53-34(62)21-52-35(63)22-54-43(76)30(17-38(67)68)59-44(77)27(51-2)16-37(65)66/h4-13,26-33,51H,3,14-23H2,1-2H3,(H2,50,75)(H,52,63)(H,53,62)(H,54,76)(H,55,64)(H,56,78)(H,57,79)(H,58,81)(H,59,77)(H,60,80)(H,61,82)(H,65,66)(H,67,68)(H,69,70)(H,71,72)(H,73,74). The van der Waals surface area contributed by atoms with Crippen LogP contribution in [-0.2, 0) is 89.6 Å². The molecule has 0 fully saturated rings. The lowest BCUT2D eigenvalue weighted by Gasteiger charge is -2.27. The molecule has 11 amide bonds. The van der Waals surface area contributed by atoms with Gasteiger partial charge in [0.2, 0.25) is 65.0 Å². The summed E-state index contributed by atoms with van der Waals surface area (Å²) in [6.45, 7) is -1.21. The van der Waals surface area contributed by atoms with Crippen LogP contribution < -0.4 is 64.2 Å². The number of benzene rings is 2. The number of hydrogen-bond acceptors (Lipinski definition) is 17. The first-order chi connectivity index (χ1) is 38.6. The van der Waals surface area contributed by atoms with Gasteiger partial charge >= 0.3 is 29.8 Å². The van der Waals surface area contributed by atoms with Gasteiger partial charge in [0, 0.05) is 12.8 Å².